The number of hydrogen-bond donors (Lipinski definition) is 3. The largest absolute Gasteiger partial charge is 0.389 e. The van der Waals surface area contributed by atoms with Crippen molar-refractivity contribution in [2.45, 2.75) is 51.4 Å². The molecule has 2 saturated heterocycles. The fourth-order valence-corrected chi connectivity index (χ4v) is 3.13. The van der Waals surface area contributed by atoms with Crippen molar-refractivity contribution in [3.05, 3.63) is 0 Å². The van der Waals surface area contributed by atoms with Crippen LogP contribution in [0.15, 0.2) is 0 Å². The molecule has 0 saturated carbocycles. The molecule has 2 aliphatic rings. The third kappa shape index (κ3) is 4.40. The van der Waals surface area contributed by atoms with E-state index in [0.717, 1.165) is 39.1 Å². The van der Waals surface area contributed by atoms with Crippen LogP contribution in [0.1, 0.15) is 33.6 Å². The van der Waals surface area contributed by atoms with Gasteiger partial charge in [-0.15, -0.1) is 0 Å². The maximum Gasteiger partial charge on any atom is 0.0938 e. The average molecular weight is 286 g/mol. The second kappa shape index (κ2) is 6.28. The number of aliphatic hydroxyl groups is 2. The second-order valence-electron chi connectivity index (χ2n) is 7.59. The van der Waals surface area contributed by atoms with Crippen molar-refractivity contribution in [2.75, 3.05) is 39.4 Å². The van der Waals surface area contributed by atoms with Crippen molar-refractivity contribution < 1.29 is 14.9 Å². The maximum absolute atomic E-state index is 9.70. The van der Waals surface area contributed by atoms with Crippen LogP contribution in [-0.4, -0.2) is 72.3 Å². The van der Waals surface area contributed by atoms with Gasteiger partial charge in [-0.2, -0.15) is 0 Å². The summed E-state index contributed by atoms with van der Waals surface area (Å²) in [5, 5.41) is 23.0. The predicted octanol–water partition coefficient (Wildman–Crippen LogP) is 0.209. The molecule has 0 spiro atoms. The lowest BCUT2D eigenvalue weighted by Gasteiger charge is -2.41. The lowest BCUT2D eigenvalue weighted by atomic mass is 9.81. The van der Waals surface area contributed by atoms with Gasteiger partial charge in [-0.1, -0.05) is 0 Å². The highest BCUT2D eigenvalue weighted by atomic mass is 16.5. The SMILES string of the molecule is CC(C)(C)NCC1(CN2CC(O)C(O)C2)CCCOC1. The summed E-state index contributed by atoms with van der Waals surface area (Å²) in [6.45, 7) is 11.1. The van der Waals surface area contributed by atoms with E-state index in [0.29, 0.717) is 13.1 Å². The fourth-order valence-electron chi connectivity index (χ4n) is 3.13. The van der Waals surface area contributed by atoms with Gasteiger partial charge in [0.15, 0.2) is 0 Å². The molecule has 0 aromatic carbocycles. The minimum Gasteiger partial charge on any atom is -0.389 e. The lowest BCUT2D eigenvalue weighted by molar-refractivity contribution is -0.0273. The molecule has 2 aliphatic heterocycles. The molecule has 3 N–H and O–H groups in total. The van der Waals surface area contributed by atoms with E-state index in [1.807, 2.05) is 0 Å². The summed E-state index contributed by atoms with van der Waals surface area (Å²) in [5.41, 5.74) is 0.184. The molecule has 118 valence electrons. The zero-order chi connectivity index (χ0) is 14.8. The number of hydrogen-bond acceptors (Lipinski definition) is 5. The number of likely N-dealkylation sites (tertiary alicyclic amines) is 1. The first kappa shape index (κ1) is 16.2. The van der Waals surface area contributed by atoms with Crippen molar-refractivity contribution >= 4 is 0 Å². The predicted molar refractivity (Wildman–Crippen MR) is 78.7 cm³/mol. The van der Waals surface area contributed by atoms with Crippen molar-refractivity contribution in [3.8, 4) is 0 Å². The van der Waals surface area contributed by atoms with Gasteiger partial charge in [-0.25, -0.2) is 0 Å². The molecule has 5 nitrogen and oxygen atoms in total. The van der Waals surface area contributed by atoms with Crippen LogP contribution in [0.3, 0.4) is 0 Å². The summed E-state index contributed by atoms with van der Waals surface area (Å²) in [7, 11) is 0. The van der Waals surface area contributed by atoms with E-state index in [2.05, 4.69) is 31.0 Å². The van der Waals surface area contributed by atoms with Crippen molar-refractivity contribution in [1.29, 1.82) is 0 Å². The molecule has 0 aromatic rings. The number of rotatable bonds is 4. The molecule has 20 heavy (non-hydrogen) atoms. The Bertz CT molecular complexity index is 301. The number of aliphatic hydroxyl groups excluding tert-OH is 2. The van der Waals surface area contributed by atoms with E-state index >= 15 is 0 Å². The summed E-state index contributed by atoms with van der Waals surface area (Å²) >= 11 is 0. The van der Waals surface area contributed by atoms with E-state index in [-0.39, 0.29) is 11.0 Å². The minimum absolute atomic E-state index is 0.0918. The van der Waals surface area contributed by atoms with E-state index in [4.69, 9.17) is 4.74 Å². The van der Waals surface area contributed by atoms with Gasteiger partial charge in [0.25, 0.3) is 0 Å². The van der Waals surface area contributed by atoms with Gasteiger partial charge < -0.3 is 20.3 Å². The number of nitrogens with one attached hydrogen (secondary N) is 1. The monoisotopic (exact) mass is 286 g/mol. The molecule has 2 rings (SSSR count). The zero-order valence-corrected chi connectivity index (χ0v) is 13.1. The molecule has 0 bridgehead atoms. The molecule has 3 unspecified atom stereocenters. The van der Waals surface area contributed by atoms with Crippen LogP contribution < -0.4 is 5.32 Å². The van der Waals surface area contributed by atoms with E-state index < -0.39 is 12.2 Å². The second-order valence-corrected chi connectivity index (χ2v) is 7.59. The summed E-state index contributed by atoms with van der Waals surface area (Å²) in [5.74, 6) is 0. The van der Waals surface area contributed by atoms with Crippen LogP contribution in [0.25, 0.3) is 0 Å². The molecule has 3 atom stereocenters. The van der Waals surface area contributed by atoms with E-state index in [1.165, 1.54) is 0 Å². The molecule has 0 aromatic heterocycles. The molecule has 5 heteroatoms. The zero-order valence-electron chi connectivity index (χ0n) is 13.1. The van der Waals surface area contributed by atoms with E-state index in [1.54, 1.807) is 0 Å². The Morgan fingerprint density at radius 1 is 1.25 bits per heavy atom. The van der Waals surface area contributed by atoms with Gasteiger partial charge in [-0.05, 0) is 33.6 Å². The quantitative estimate of drug-likeness (QED) is 0.689. The Kier molecular flexibility index (Phi) is 5.08. The third-order valence-electron chi connectivity index (χ3n) is 4.29. The highest BCUT2D eigenvalue weighted by Gasteiger charge is 2.39. The highest BCUT2D eigenvalue weighted by Crippen LogP contribution is 2.31. The first-order valence-corrected chi connectivity index (χ1v) is 7.71. The first-order chi connectivity index (χ1) is 9.30. The minimum atomic E-state index is -0.605. The molecule has 0 aliphatic carbocycles. The average Bonchev–Trinajstić information content (AvgIpc) is 2.66. The molecular weight excluding hydrogens is 256 g/mol. The van der Waals surface area contributed by atoms with Crippen LogP contribution in [0.4, 0.5) is 0 Å². The Morgan fingerprint density at radius 3 is 2.40 bits per heavy atom. The lowest BCUT2D eigenvalue weighted by Crippen LogP contribution is -2.52. The van der Waals surface area contributed by atoms with Crippen LogP contribution in [-0.2, 0) is 4.74 Å². The van der Waals surface area contributed by atoms with Crippen LogP contribution in [0.2, 0.25) is 0 Å². The third-order valence-corrected chi connectivity index (χ3v) is 4.29. The highest BCUT2D eigenvalue weighted by molar-refractivity contribution is 4.93. The van der Waals surface area contributed by atoms with Gasteiger partial charge in [0.05, 0.1) is 18.8 Å². The van der Waals surface area contributed by atoms with Crippen LogP contribution in [0.5, 0.6) is 0 Å². The van der Waals surface area contributed by atoms with Crippen molar-refractivity contribution in [1.82, 2.24) is 10.2 Å². The smallest absolute Gasteiger partial charge is 0.0938 e. The van der Waals surface area contributed by atoms with Crippen LogP contribution in [0, 0.1) is 5.41 Å². The summed E-state index contributed by atoms with van der Waals surface area (Å²) in [6.07, 6.45) is 1.02. The van der Waals surface area contributed by atoms with Gasteiger partial charge in [0.1, 0.15) is 0 Å². The fraction of sp³-hybridized carbons (Fsp3) is 1.00. The Labute approximate surface area is 122 Å². The molecule has 0 amide bonds. The van der Waals surface area contributed by atoms with Gasteiger partial charge >= 0.3 is 0 Å². The van der Waals surface area contributed by atoms with Crippen molar-refractivity contribution in [2.24, 2.45) is 5.41 Å². The summed E-state index contributed by atoms with van der Waals surface area (Å²) < 4.78 is 5.72. The summed E-state index contributed by atoms with van der Waals surface area (Å²) in [6, 6.07) is 0. The number of ether oxygens (including phenoxy) is 1. The molecular formula is C15H30N2O3. The summed E-state index contributed by atoms with van der Waals surface area (Å²) in [4.78, 5) is 2.17. The van der Waals surface area contributed by atoms with Gasteiger partial charge in [0, 0.05) is 43.7 Å². The Morgan fingerprint density at radius 2 is 1.90 bits per heavy atom. The topological polar surface area (TPSA) is 65.0 Å². The molecule has 2 heterocycles. The van der Waals surface area contributed by atoms with Gasteiger partial charge in [0.2, 0.25) is 0 Å². The Balaban J connectivity index is 1.96. The standard InChI is InChI=1S/C15H30N2O3/c1-14(2,3)16-9-15(5-4-6-20-11-15)10-17-7-12(18)13(19)8-17/h12-13,16,18-19H,4-11H2,1-3H3. The van der Waals surface area contributed by atoms with E-state index in [9.17, 15) is 10.2 Å². The maximum atomic E-state index is 9.70. The normalized spacial score (nSPS) is 36.5. The Hall–Kier alpha value is -0.200. The van der Waals surface area contributed by atoms with Gasteiger partial charge in [-0.3, -0.25) is 4.90 Å². The van der Waals surface area contributed by atoms with Crippen molar-refractivity contribution in [3.63, 3.8) is 0 Å². The first-order valence-electron chi connectivity index (χ1n) is 7.71. The van der Waals surface area contributed by atoms with Crippen LogP contribution >= 0.6 is 0 Å². The molecule has 2 fully saturated rings. The molecule has 0 radical (unpaired) electrons. The number of β-amino-alcohol motifs (C(OH)–C–C–N with tert-alkyl or cyclic N) is 2. The number of nitrogens with zero attached hydrogens (tertiary/aromatic N) is 1.